The Kier molecular flexibility index (Phi) is 4.41. The Bertz CT molecular complexity index is 901. The molecule has 0 unspecified atom stereocenters. The monoisotopic (exact) mass is 383 g/mol. The molecule has 0 aromatic carbocycles. The van der Waals surface area contributed by atoms with E-state index in [-0.39, 0.29) is 12.0 Å². The van der Waals surface area contributed by atoms with Crippen LogP contribution in [0.2, 0.25) is 0 Å². The van der Waals surface area contributed by atoms with Gasteiger partial charge in [0.25, 0.3) is 0 Å². The van der Waals surface area contributed by atoms with Crippen LogP contribution in [0.15, 0.2) is 30.2 Å². The van der Waals surface area contributed by atoms with Gasteiger partial charge in [-0.15, -0.1) is 0 Å². The van der Waals surface area contributed by atoms with Gasteiger partial charge < -0.3 is 25.8 Å². The summed E-state index contributed by atoms with van der Waals surface area (Å²) in [4.78, 5) is 8.40. The van der Waals surface area contributed by atoms with Crippen LogP contribution in [-0.2, 0) is 0 Å². The highest BCUT2D eigenvalue weighted by atomic mass is 16.3. The minimum Gasteiger partial charge on any atom is -0.390 e. The number of hydrogen-bond acceptors (Lipinski definition) is 6. The molecule has 2 aromatic rings. The van der Waals surface area contributed by atoms with Crippen LogP contribution in [0.1, 0.15) is 44.6 Å². The molecule has 1 spiro atoms. The lowest BCUT2D eigenvalue weighted by Gasteiger charge is -2.36. The molecule has 5 rings (SSSR count). The SMILES string of the molecule is Nc1ncnc2c1ccn2[C@@H]1C[C@H](/C=C2\CCCC23CCNCC3)[C@@H](O)[C@H]1O. The molecule has 2 saturated carbocycles. The quantitative estimate of drug-likeness (QED) is 0.589. The van der Waals surface area contributed by atoms with Crippen molar-refractivity contribution in [2.24, 2.45) is 11.3 Å². The molecule has 7 nitrogen and oxygen atoms in total. The minimum atomic E-state index is -0.820. The van der Waals surface area contributed by atoms with Crippen LogP contribution in [0.4, 0.5) is 5.82 Å². The number of nitrogens with zero attached hydrogens (tertiary/aromatic N) is 3. The molecule has 5 N–H and O–H groups in total. The fourth-order valence-corrected chi connectivity index (χ4v) is 5.78. The highest BCUT2D eigenvalue weighted by molar-refractivity contribution is 5.86. The van der Waals surface area contributed by atoms with Gasteiger partial charge in [0.05, 0.1) is 17.5 Å². The second-order valence-electron chi connectivity index (χ2n) is 8.74. The molecule has 3 aliphatic rings. The molecular formula is C21H29N5O2. The van der Waals surface area contributed by atoms with Gasteiger partial charge in [-0.2, -0.15) is 0 Å². The van der Waals surface area contributed by atoms with Gasteiger partial charge in [-0.25, -0.2) is 9.97 Å². The van der Waals surface area contributed by atoms with Crippen LogP contribution in [0.3, 0.4) is 0 Å². The first-order chi connectivity index (χ1) is 13.6. The molecule has 28 heavy (non-hydrogen) atoms. The molecule has 4 atom stereocenters. The highest BCUT2D eigenvalue weighted by Crippen LogP contribution is 2.51. The summed E-state index contributed by atoms with van der Waals surface area (Å²) in [6.07, 6.45) is 10.8. The molecule has 150 valence electrons. The number of nitrogens with two attached hydrogens (primary N) is 1. The van der Waals surface area contributed by atoms with E-state index in [4.69, 9.17) is 5.73 Å². The number of allylic oxidation sites excluding steroid dienone is 1. The Labute approximate surface area is 164 Å². The number of aliphatic hydroxyl groups is 2. The number of fused-ring (bicyclic) bond motifs is 1. The van der Waals surface area contributed by atoms with Gasteiger partial charge in [-0.3, -0.25) is 0 Å². The second-order valence-corrected chi connectivity index (χ2v) is 8.74. The van der Waals surface area contributed by atoms with Gasteiger partial charge in [0.1, 0.15) is 23.9 Å². The number of aromatic nitrogens is 3. The maximum atomic E-state index is 10.8. The van der Waals surface area contributed by atoms with Crippen molar-refractivity contribution in [2.75, 3.05) is 18.8 Å². The standard InChI is InChI=1S/C21H29N5O2/c22-19-15-3-9-26(20(15)25-12-24-19)16-11-13(17(27)18(16)28)10-14-2-1-4-21(14)5-7-23-8-6-21/h3,9-10,12-13,16-18,23,27-28H,1-2,4-8,11H2,(H2,22,24,25)/b14-10+/t13-,16+,17+,18-/m0/s1. The molecule has 1 saturated heterocycles. The molecule has 2 aromatic heterocycles. The molecule has 0 bridgehead atoms. The molecule has 0 radical (unpaired) electrons. The van der Waals surface area contributed by atoms with Gasteiger partial charge in [-0.05, 0) is 63.1 Å². The van der Waals surface area contributed by atoms with Gasteiger partial charge in [0, 0.05) is 12.1 Å². The van der Waals surface area contributed by atoms with Crippen molar-refractivity contribution in [1.29, 1.82) is 0 Å². The first kappa shape index (κ1) is 18.1. The molecular weight excluding hydrogens is 354 g/mol. The highest BCUT2D eigenvalue weighted by Gasteiger charge is 2.44. The number of rotatable bonds is 2. The predicted octanol–water partition coefficient (Wildman–Crippen LogP) is 1.78. The largest absolute Gasteiger partial charge is 0.390 e. The van der Waals surface area contributed by atoms with Crippen LogP contribution in [0.5, 0.6) is 0 Å². The normalized spacial score (nSPS) is 34.0. The van der Waals surface area contributed by atoms with Crippen molar-refractivity contribution >= 4 is 16.9 Å². The fraction of sp³-hybridized carbons (Fsp3) is 0.619. The smallest absolute Gasteiger partial charge is 0.145 e. The zero-order valence-corrected chi connectivity index (χ0v) is 16.1. The summed E-state index contributed by atoms with van der Waals surface area (Å²) in [6, 6.07) is 1.67. The summed E-state index contributed by atoms with van der Waals surface area (Å²) in [7, 11) is 0. The van der Waals surface area contributed by atoms with E-state index in [1.807, 2.05) is 16.8 Å². The summed E-state index contributed by atoms with van der Waals surface area (Å²) in [5, 5.41) is 25.9. The zero-order valence-electron chi connectivity index (χ0n) is 16.1. The first-order valence-electron chi connectivity index (χ1n) is 10.4. The molecule has 1 aliphatic heterocycles. The third-order valence-corrected chi connectivity index (χ3v) is 7.35. The average Bonchev–Trinajstić information content (AvgIpc) is 3.37. The van der Waals surface area contributed by atoms with Crippen molar-refractivity contribution in [1.82, 2.24) is 19.9 Å². The van der Waals surface area contributed by atoms with Crippen LogP contribution in [0, 0.1) is 11.3 Å². The van der Waals surface area contributed by atoms with E-state index < -0.39 is 12.2 Å². The Morgan fingerprint density at radius 2 is 2.00 bits per heavy atom. The summed E-state index contributed by atoms with van der Waals surface area (Å²) in [5.74, 6) is 0.408. The van der Waals surface area contributed by atoms with Crippen LogP contribution >= 0.6 is 0 Å². The van der Waals surface area contributed by atoms with Crippen molar-refractivity contribution in [2.45, 2.75) is 56.8 Å². The van der Waals surface area contributed by atoms with E-state index in [0.29, 0.717) is 23.3 Å². The Balaban J connectivity index is 1.44. The minimum absolute atomic E-state index is 0.0310. The molecule has 3 fully saturated rings. The number of nitrogen functional groups attached to an aromatic ring is 1. The topological polar surface area (TPSA) is 109 Å². The van der Waals surface area contributed by atoms with Gasteiger partial charge in [0.15, 0.2) is 0 Å². The van der Waals surface area contributed by atoms with E-state index in [2.05, 4.69) is 21.4 Å². The maximum absolute atomic E-state index is 10.8. The van der Waals surface area contributed by atoms with Gasteiger partial charge in [-0.1, -0.05) is 11.6 Å². The summed E-state index contributed by atoms with van der Waals surface area (Å²) in [5.41, 5.74) is 8.49. The lowest BCUT2D eigenvalue weighted by atomic mass is 9.73. The van der Waals surface area contributed by atoms with E-state index in [1.165, 1.54) is 37.6 Å². The number of aliphatic hydroxyl groups excluding tert-OH is 2. The molecule has 0 amide bonds. The number of hydrogen-bond donors (Lipinski definition) is 4. The van der Waals surface area contributed by atoms with Gasteiger partial charge >= 0.3 is 0 Å². The van der Waals surface area contributed by atoms with Crippen molar-refractivity contribution < 1.29 is 10.2 Å². The van der Waals surface area contributed by atoms with Crippen molar-refractivity contribution in [3.05, 3.63) is 30.2 Å². The van der Waals surface area contributed by atoms with Crippen LogP contribution in [0.25, 0.3) is 11.0 Å². The third-order valence-electron chi connectivity index (χ3n) is 7.35. The average molecular weight is 383 g/mol. The zero-order chi connectivity index (χ0) is 19.3. The Morgan fingerprint density at radius 1 is 1.18 bits per heavy atom. The number of nitrogens with one attached hydrogen (secondary N) is 1. The van der Waals surface area contributed by atoms with E-state index >= 15 is 0 Å². The number of piperidine rings is 1. The van der Waals surface area contributed by atoms with Crippen molar-refractivity contribution in [3.8, 4) is 0 Å². The fourth-order valence-electron chi connectivity index (χ4n) is 5.78. The van der Waals surface area contributed by atoms with Crippen LogP contribution < -0.4 is 11.1 Å². The van der Waals surface area contributed by atoms with Gasteiger partial charge in [0.2, 0.25) is 0 Å². The number of anilines is 1. The third kappa shape index (κ3) is 2.76. The Hall–Kier alpha value is -1.96. The maximum Gasteiger partial charge on any atom is 0.145 e. The Morgan fingerprint density at radius 3 is 2.82 bits per heavy atom. The summed E-state index contributed by atoms with van der Waals surface area (Å²) < 4.78 is 1.95. The van der Waals surface area contributed by atoms with E-state index in [9.17, 15) is 10.2 Å². The lowest BCUT2D eigenvalue weighted by Crippen LogP contribution is -2.36. The first-order valence-corrected chi connectivity index (χ1v) is 10.4. The molecule has 2 aliphatic carbocycles. The lowest BCUT2D eigenvalue weighted by molar-refractivity contribution is 0.0135. The predicted molar refractivity (Wildman–Crippen MR) is 108 cm³/mol. The molecule has 7 heteroatoms. The molecule has 3 heterocycles. The summed E-state index contributed by atoms with van der Waals surface area (Å²) in [6.45, 7) is 2.15. The second kappa shape index (κ2) is 6.83. The summed E-state index contributed by atoms with van der Waals surface area (Å²) >= 11 is 0. The van der Waals surface area contributed by atoms with Crippen LogP contribution in [-0.4, -0.2) is 50.0 Å². The van der Waals surface area contributed by atoms with Crippen molar-refractivity contribution in [3.63, 3.8) is 0 Å². The van der Waals surface area contributed by atoms with E-state index in [0.717, 1.165) is 24.9 Å². The van der Waals surface area contributed by atoms with E-state index in [1.54, 1.807) is 0 Å².